The fraction of sp³-hybridized carbons (Fsp3) is 0.312. The fourth-order valence-corrected chi connectivity index (χ4v) is 4.88. The van der Waals surface area contributed by atoms with Gasteiger partial charge in [0.1, 0.15) is 23.0 Å². The predicted molar refractivity (Wildman–Crippen MR) is 152 cm³/mol. The summed E-state index contributed by atoms with van der Waals surface area (Å²) in [6, 6.07) is 17.0. The lowest BCUT2D eigenvalue weighted by Crippen LogP contribution is -2.29. The van der Waals surface area contributed by atoms with Crippen LogP contribution in [0.3, 0.4) is 0 Å². The largest absolute Gasteiger partial charge is 0.507 e. The highest BCUT2D eigenvalue weighted by molar-refractivity contribution is 6.51. The number of methoxy groups -OCH3 is 2. The summed E-state index contributed by atoms with van der Waals surface area (Å²) >= 11 is 0. The molecule has 1 amide bonds. The van der Waals surface area contributed by atoms with Crippen LogP contribution in [0.4, 0.5) is 5.69 Å². The molecule has 0 spiro atoms. The summed E-state index contributed by atoms with van der Waals surface area (Å²) in [7, 11) is 3.17. The molecule has 39 heavy (non-hydrogen) atoms. The molecule has 0 aromatic heterocycles. The quantitative estimate of drug-likeness (QED) is 0.192. The van der Waals surface area contributed by atoms with E-state index in [-0.39, 0.29) is 17.3 Å². The fourth-order valence-electron chi connectivity index (χ4n) is 4.88. The first-order valence-corrected chi connectivity index (χ1v) is 13.1. The third kappa shape index (κ3) is 5.35. The van der Waals surface area contributed by atoms with E-state index in [0.717, 1.165) is 17.5 Å². The molecule has 204 valence electrons. The van der Waals surface area contributed by atoms with Crippen LogP contribution in [0.2, 0.25) is 0 Å². The monoisotopic (exact) mass is 529 g/mol. The minimum atomic E-state index is -0.868. The molecule has 1 aliphatic heterocycles. The Bertz CT molecular complexity index is 1410. The predicted octanol–water partition coefficient (Wildman–Crippen LogP) is 6.55. The molecule has 0 radical (unpaired) electrons. The molecule has 7 heteroatoms. The Labute approximate surface area is 229 Å². The van der Waals surface area contributed by atoms with E-state index in [1.807, 2.05) is 64.1 Å². The standard InChI is InChI=1S/C32H35NO6/c1-7-15-39-24-10-8-9-21(17-24)29-28(30(34)26-18-25(19(2)3)27(38-6)16-20(26)4)31(35)32(36)33(29)22-11-13-23(37-5)14-12-22/h8-14,16-19,29,34H,7,15H2,1-6H3/b30-28+. The van der Waals surface area contributed by atoms with Gasteiger partial charge < -0.3 is 19.3 Å². The van der Waals surface area contributed by atoms with Gasteiger partial charge >= 0.3 is 0 Å². The second kappa shape index (κ2) is 11.6. The Balaban J connectivity index is 1.96. The molecule has 7 nitrogen and oxygen atoms in total. The van der Waals surface area contributed by atoms with Crippen LogP contribution < -0.4 is 19.1 Å². The molecule has 0 bridgehead atoms. The van der Waals surface area contributed by atoms with Gasteiger partial charge in [0.05, 0.1) is 32.4 Å². The number of ether oxygens (including phenoxy) is 3. The summed E-state index contributed by atoms with van der Waals surface area (Å²) in [5, 5.41) is 11.7. The van der Waals surface area contributed by atoms with Crippen molar-refractivity contribution in [3.63, 3.8) is 0 Å². The van der Waals surface area contributed by atoms with Crippen LogP contribution in [0.25, 0.3) is 5.76 Å². The van der Waals surface area contributed by atoms with Gasteiger partial charge in [-0.05, 0) is 84.5 Å². The van der Waals surface area contributed by atoms with Crippen molar-refractivity contribution < 1.29 is 28.9 Å². The molecule has 1 fully saturated rings. The second-order valence-corrected chi connectivity index (χ2v) is 9.85. The van der Waals surface area contributed by atoms with Gasteiger partial charge in [0, 0.05) is 11.3 Å². The smallest absolute Gasteiger partial charge is 0.300 e. The summed E-state index contributed by atoms with van der Waals surface area (Å²) in [5.74, 6) is 0.356. The van der Waals surface area contributed by atoms with Crippen molar-refractivity contribution in [3.8, 4) is 17.2 Å². The van der Waals surface area contributed by atoms with Crippen molar-refractivity contribution in [1.82, 2.24) is 0 Å². The average molecular weight is 530 g/mol. The van der Waals surface area contributed by atoms with Crippen LogP contribution in [0.1, 0.15) is 61.4 Å². The van der Waals surface area contributed by atoms with Gasteiger partial charge in [-0.15, -0.1) is 0 Å². The molecule has 1 atom stereocenters. The summed E-state index contributed by atoms with van der Waals surface area (Å²) in [6.45, 7) is 8.45. The SMILES string of the molecule is CCCOc1cccc(C2/C(=C(\O)c3cc(C(C)C)c(OC)cc3C)C(=O)C(=O)N2c2ccc(OC)cc2)c1. The highest BCUT2D eigenvalue weighted by Gasteiger charge is 2.47. The Kier molecular flexibility index (Phi) is 8.29. The minimum Gasteiger partial charge on any atom is -0.507 e. The number of anilines is 1. The van der Waals surface area contributed by atoms with Gasteiger partial charge in [-0.25, -0.2) is 0 Å². The Morgan fingerprint density at radius 2 is 1.69 bits per heavy atom. The summed E-state index contributed by atoms with van der Waals surface area (Å²) in [4.78, 5) is 28.6. The Morgan fingerprint density at radius 1 is 0.974 bits per heavy atom. The number of hydrogen-bond acceptors (Lipinski definition) is 6. The number of aliphatic hydroxyl groups is 1. The van der Waals surface area contributed by atoms with Crippen molar-refractivity contribution in [3.05, 3.63) is 88.5 Å². The highest BCUT2D eigenvalue weighted by Crippen LogP contribution is 2.44. The van der Waals surface area contributed by atoms with E-state index in [1.165, 1.54) is 4.90 Å². The number of ketones is 1. The highest BCUT2D eigenvalue weighted by atomic mass is 16.5. The zero-order valence-corrected chi connectivity index (χ0v) is 23.3. The molecule has 0 saturated carbocycles. The number of aliphatic hydroxyl groups excluding tert-OH is 1. The van der Waals surface area contributed by atoms with E-state index in [0.29, 0.717) is 40.7 Å². The van der Waals surface area contributed by atoms with E-state index in [1.54, 1.807) is 38.5 Å². The number of Topliss-reactive ketones (excluding diaryl/α,β-unsaturated/α-hetero) is 1. The van der Waals surface area contributed by atoms with E-state index >= 15 is 0 Å². The van der Waals surface area contributed by atoms with Gasteiger partial charge in [-0.1, -0.05) is 32.9 Å². The van der Waals surface area contributed by atoms with Gasteiger partial charge in [-0.3, -0.25) is 14.5 Å². The van der Waals surface area contributed by atoms with Crippen LogP contribution >= 0.6 is 0 Å². The summed E-state index contributed by atoms with van der Waals surface area (Å²) in [5.41, 5.74) is 3.28. The van der Waals surface area contributed by atoms with Crippen LogP contribution in [0.5, 0.6) is 17.2 Å². The third-order valence-corrected chi connectivity index (χ3v) is 6.90. The zero-order chi connectivity index (χ0) is 28.3. The molecule has 0 aliphatic carbocycles. The summed E-state index contributed by atoms with van der Waals surface area (Å²) < 4.78 is 16.7. The van der Waals surface area contributed by atoms with Gasteiger partial charge in [0.25, 0.3) is 11.7 Å². The first-order chi connectivity index (χ1) is 18.7. The minimum absolute atomic E-state index is 0.0198. The van der Waals surface area contributed by atoms with Crippen molar-refractivity contribution in [2.45, 2.75) is 46.1 Å². The van der Waals surface area contributed by atoms with Gasteiger partial charge in [-0.2, -0.15) is 0 Å². The maximum Gasteiger partial charge on any atom is 0.300 e. The van der Waals surface area contributed by atoms with E-state index in [2.05, 4.69) is 0 Å². The van der Waals surface area contributed by atoms with E-state index in [9.17, 15) is 14.7 Å². The van der Waals surface area contributed by atoms with Crippen LogP contribution in [-0.2, 0) is 9.59 Å². The number of benzene rings is 3. The molecular weight excluding hydrogens is 494 g/mol. The number of amides is 1. The van der Waals surface area contributed by atoms with Crippen LogP contribution in [0, 0.1) is 6.92 Å². The van der Waals surface area contributed by atoms with E-state index in [4.69, 9.17) is 14.2 Å². The third-order valence-electron chi connectivity index (χ3n) is 6.90. The molecular formula is C32H35NO6. The zero-order valence-electron chi connectivity index (χ0n) is 23.3. The molecule has 1 N–H and O–H groups in total. The number of carbonyl (C=O) groups excluding carboxylic acids is 2. The maximum absolute atomic E-state index is 13.6. The summed E-state index contributed by atoms with van der Waals surface area (Å²) in [6.07, 6.45) is 0.837. The van der Waals surface area contributed by atoms with Crippen LogP contribution in [0.15, 0.2) is 66.2 Å². The number of aryl methyl sites for hydroxylation is 1. The normalized spacial score (nSPS) is 16.6. The van der Waals surface area contributed by atoms with E-state index < -0.39 is 17.7 Å². The van der Waals surface area contributed by atoms with Gasteiger partial charge in [0.15, 0.2) is 0 Å². The average Bonchev–Trinajstić information content (AvgIpc) is 3.21. The number of carbonyl (C=O) groups is 2. The number of nitrogens with zero attached hydrogens (tertiary/aromatic N) is 1. The lowest BCUT2D eigenvalue weighted by Gasteiger charge is -2.26. The molecule has 1 aliphatic rings. The molecule has 3 aromatic rings. The number of hydrogen-bond donors (Lipinski definition) is 1. The Hall–Kier alpha value is -4.26. The molecule has 1 unspecified atom stereocenters. The Morgan fingerprint density at radius 3 is 2.31 bits per heavy atom. The second-order valence-electron chi connectivity index (χ2n) is 9.85. The molecule has 4 rings (SSSR count). The van der Waals surface area contributed by atoms with Crippen molar-refractivity contribution in [2.75, 3.05) is 25.7 Å². The first-order valence-electron chi connectivity index (χ1n) is 13.1. The molecule has 1 saturated heterocycles. The van der Waals surface area contributed by atoms with Crippen molar-refractivity contribution >= 4 is 23.1 Å². The first kappa shape index (κ1) is 27.8. The maximum atomic E-state index is 13.6. The topological polar surface area (TPSA) is 85.3 Å². The lowest BCUT2D eigenvalue weighted by molar-refractivity contribution is -0.132. The van der Waals surface area contributed by atoms with Gasteiger partial charge in [0.2, 0.25) is 0 Å². The van der Waals surface area contributed by atoms with Crippen LogP contribution in [-0.4, -0.2) is 37.6 Å². The van der Waals surface area contributed by atoms with Crippen molar-refractivity contribution in [1.29, 1.82) is 0 Å². The van der Waals surface area contributed by atoms with Crippen molar-refractivity contribution in [2.24, 2.45) is 0 Å². The lowest BCUT2D eigenvalue weighted by atomic mass is 9.91. The number of rotatable bonds is 9. The molecule has 1 heterocycles. The molecule has 3 aromatic carbocycles.